The summed E-state index contributed by atoms with van der Waals surface area (Å²) in [6, 6.07) is 0. The van der Waals surface area contributed by atoms with Gasteiger partial charge in [0, 0.05) is 12.5 Å². The van der Waals surface area contributed by atoms with Crippen molar-refractivity contribution >= 4 is 5.91 Å². The lowest BCUT2D eigenvalue weighted by molar-refractivity contribution is -0.126. The van der Waals surface area contributed by atoms with Crippen molar-refractivity contribution in [3.8, 4) is 0 Å². The summed E-state index contributed by atoms with van der Waals surface area (Å²) in [4.78, 5) is 11.6. The quantitative estimate of drug-likeness (QED) is 0.724. The molecule has 1 unspecified atom stereocenters. The molecule has 0 aromatic rings. The maximum atomic E-state index is 11.6. The van der Waals surface area contributed by atoms with Crippen LogP contribution in [0.3, 0.4) is 0 Å². The number of hydrogen-bond acceptors (Lipinski definition) is 2. The molecular weight excluding hydrogens is 202 g/mol. The third-order valence-electron chi connectivity index (χ3n) is 3.69. The Balaban J connectivity index is 2.37. The summed E-state index contributed by atoms with van der Waals surface area (Å²) in [5.74, 6) is 0.120. The van der Waals surface area contributed by atoms with Gasteiger partial charge in [-0.3, -0.25) is 4.79 Å². The van der Waals surface area contributed by atoms with E-state index in [4.69, 9.17) is 0 Å². The summed E-state index contributed by atoms with van der Waals surface area (Å²) in [7, 11) is 0. The first-order valence-electron chi connectivity index (χ1n) is 6.57. The molecule has 0 aliphatic heterocycles. The van der Waals surface area contributed by atoms with Crippen LogP contribution in [0.1, 0.15) is 58.8 Å². The van der Waals surface area contributed by atoms with Crippen LogP contribution < -0.4 is 5.32 Å². The van der Waals surface area contributed by atoms with E-state index in [0.29, 0.717) is 6.54 Å². The van der Waals surface area contributed by atoms with Crippen LogP contribution in [0, 0.1) is 5.92 Å². The molecule has 1 aliphatic rings. The van der Waals surface area contributed by atoms with Gasteiger partial charge in [0.2, 0.25) is 5.91 Å². The maximum absolute atomic E-state index is 11.6. The molecule has 1 fully saturated rings. The number of carbonyl (C=O) groups excluding carboxylic acids is 1. The van der Waals surface area contributed by atoms with E-state index in [1.165, 1.54) is 12.8 Å². The zero-order valence-electron chi connectivity index (χ0n) is 10.6. The monoisotopic (exact) mass is 227 g/mol. The fourth-order valence-corrected chi connectivity index (χ4v) is 2.17. The number of carbonyl (C=O) groups is 1. The molecule has 0 bridgehead atoms. The molecule has 0 heterocycles. The Morgan fingerprint density at radius 2 is 1.88 bits per heavy atom. The lowest BCUT2D eigenvalue weighted by Gasteiger charge is -2.27. The highest BCUT2D eigenvalue weighted by molar-refractivity contribution is 5.78. The topological polar surface area (TPSA) is 49.3 Å². The van der Waals surface area contributed by atoms with Gasteiger partial charge in [-0.25, -0.2) is 0 Å². The lowest BCUT2D eigenvalue weighted by atomic mass is 9.94. The normalized spacial score (nSPS) is 22.2. The molecule has 1 atom stereocenters. The van der Waals surface area contributed by atoms with Gasteiger partial charge in [-0.2, -0.15) is 0 Å². The van der Waals surface area contributed by atoms with Gasteiger partial charge in [0.15, 0.2) is 0 Å². The van der Waals surface area contributed by atoms with Crippen molar-refractivity contribution in [1.29, 1.82) is 0 Å². The minimum atomic E-state index is -0.653. The van der Waals surface area contributed by atoms with Gasteiger partial charge < -0.3 is 10.4 Å². The summed E-state index contributed by atoms with van der Waals surface area (Å²) in [6.45, 7) is 4.35. The molecule has 0 aromatic carbocycles. The first-order valence-corrected chi connectivity index (χ1v) is 6.57. The van der Waals surface area contributed by atoms with Gasteiger partial charge in [0.1, 0.15) is 0 Å². The van der Waals surface area contributed by atoms with Crippen LogP contribution in [0.2, 0.25) is 0 Å². The smallest absolute Gasteiger partial charge is 0.222 e. The predicted molar refractivity (Wildman–Crippen MR) is 65.1 cm³/mol. The molecule has 0 saturated heterocycles. The highest BCUT2D eigenvalue weighted by Gasteiger charge is 2.28. The van der Waals surface area contributed by atoms with Crippen LogP contribution in [-0.4, -0.2) is 23.2 Å². The molecule has 0 radical (unpaired) electrons. The minimum absolute atomic E-state index is 0.0504. The van der Waals surface area contributed by atoms with Crippen LogP contribution in [0.4, 0.5) is 0 Å². The Labute approximate surface area is 98.6 Å². The van der Waals surface area contributed by atoms with Crippen molar-refractivity contribution in [3.63, 3.8) is 0 Å². The standard InChI is InChI=1S/C13H25NO2/c1-3-11(2)12(15)14-10-13(16)8-6-4-5-7-9-13/h11,16H,3-10H2,1-2H3,(H,14,15). The highest BCUT2D eigenvalue weighted by Crippen LogP contribution is 2.26. The lowest BCUT2D eigenvalue weighted by Crippen LogP contribution is -2.44. The van der Waals surface area contributed by atoms with Crippen molar-refractivity contribution < 1.29 is 9.90 Å². The van der Waals surface area contributed by atoms with E-state index in [1.54, 1.807) is 0 Å². The molecule has 3 heteroatoms. The van der Waals surface area contributed by atoms with Gasteiger partial charge >= 0.3 is 0 Å². The second-order valence-electron chi connectivity index (χ2n) is 5.17. The number of nitrogens with one attached hydrogen (secondary N) is 1. The van der Waals surface area contributed by atoms with E-state index in [2.05, 4.69) is 5.32 Å². The fourth-order valence-electron chi connectivity index (χ4n) is 2.17. The first kappa shape index (κ1) is 13.5. The molecule has 3 nitrogen and oxygen atoms in total. The van der Waals surface area contributed by atoms with Crippen LogP contribution in [0.15, 0.2) is 0 Å². The summed E-state index contributed by atoms with van der Waals surface area (Å²) >= 11 is 0. The van der Waals surface area contributed by atoms with E-state index in [-0.39, 0.29) is 11.8 Å². The van der Waals surface area contributed by atoms with Crippen LogP contribution in [-0.2, 0) is 4.79 Å². The molecule has 0 aromatic heterocycles. The highest BCUT2D eigenvalue weighted by atomic mass is 16.3. The van der Waals surface area contributed by atoms with Crippen LogP contribution in [0.5, 0.6) is 0 Å². The van der Waals surface area contributed by atoms with Crippen molar-refractivity contribution in [3.05, 3.63) is 0 Å². The van der Waals surface area contributed by atoms with E-state index in [9.17, 15) is 9.90 Å². The Morgan fingerprint density at radius 1 is 1.31 bits per heavy atom. The molecule has 1 amide bonds. The number of aliphatic hydroxyl groups is 1. The summed E-state index contributed by atoms with van der Waals surface area (Å²) in [5.41, 5.74) is -0.653. The average Bonchev–Trinajstić information content (AvgIpc) is 2.50. The largest absolute Gasteiger partial charge is 0.388 e. The number of amides is 1. The second-order valence-corrected chi connectivity index (χ2v) is 5.17. The molecule has 0 spiro atoms. The van der Waals surface area contributed by atoms with Crippen molar-refractivity contribution in [2.75, 3.05) is 6.54 Å². The van der Waals surface area contributed by atoms with E-state index >= 15 is 0 Å². The zero-order valence-corrected chi connectivity index (χ0v) is 10.6. The molecule has 94 valence electrons. The van der Waals surface area contributed by atoms with Gasteiger partial charge in [-0.05, 0) is 19.3 Å². The summed E-state index contributed by atoms with van der Waals surface area (Å²) < 4.78 is 0. The summed E-state index contributed by atoms with van der Waals surface area (Å²) in [5, 5.41) is 13.2. The third-order valence-corrected chi connectivity index (χ3v) is 3.69. The zero-order chi connectivity index (χ0) is 12.0. The maximum Gasteiger partial charge on any atom is 0.222 e. The van der Waals surface area contributed by atoms with Crippen LogP contribution in [0.25, 0.3) is 0 Å². The van der Waals surface area contributed by atoms with Crippen LogP contribution >= 0.6 is 0 Å². The van der Waals surface area contributed by atoms with Crippen molar-refractivity contribution in [2.45, 2.75) is 64.4 Å². The SMILES string of the molecule is CCC(C)C(=O)NCC1(O)CCCCCC1. The second kappa shape index (κ2) is 6.24. The molecule has 1 rings (SSSR count). The Bertz CT molecular complexity index is 220. The number of hydrogen-bond donors (Lipinski definition) is 2. The van der Waals surface area contributed by atoms with Gasteiger partial charge in [-0.1, -0.05) is 39.5 Å². The Hall–Kier alpha value is -0.570. The summed E-state index contributed by atoms with van der Waals surface area (Å²) in [6.07, 6.45) is 7.08. The third kappa shape index (κ3) is 4.12. The van der Waals surface area contributed by atoms with Gasteiger partial charge in [-0.15, -0.1) is 0 Å². The molecule has 2 N–H and O–H groups in total. The molecular formula is C13H25NO2. The number of rotatable bonds is 4. The van der Waals surface area contributed by atoms with E-state index < -0.39 is 5.60 Å². The average molecular weight is 227 g/mol. The Morgan fingerprint density at radius 3 is 2.38 bits per heavy atom. The molecule has 1 saturated carbocycles. The van der Waals surface area contributed by atoms with Gasteiger partial charge in [0.05, 0.1) is 5.60 Å². The molecule has 1 aliphatic carbocycles. The predicted octanol–water partition coefficient (Wildman–Crippen LogP) is 2.23. The fraction of sp³-hybridized carbons (Fsp3) is 0.923. The Kier molecular flexibility index (Phi) is 5.26. The molecule has 16 heavy (non-hydrogen) atoms. The van der Waals surface area contributed by atoms with Gasteiger partial charge in [0.25, 0.3) is 0 Å². The minimum Gasteiger partial charge on any atom is -0.388 e. The van der Waals surface area contributed by atoms with E-state index in [1.807, 2.05) is 13.8 Å². The van der Waals surface area contributed by atoms with Crippen molar-refractivity contribution in [2.24, 2.45) is 5.92 Å². The first-order chi connectivity index (χ1) is 7.57. The van der Waals surface area contributed by atoms with E-state index in [0.717, 1.165) is 32.1 Å². The van der Waals surface area contributed by atoms with Crippen molar-refractivity contribution in [1.82, 2.24) is 5.32 Å².